The van der Waals surface area contributed by atoms with Gasteiger partial charge < -0.3 is 5.73 Å². The van der Waals surface area contributed by atoms with Gasteiger partial charge in [-0.3, -0.25) is 5.41 Å². The Morgan fingerprint density at radius 1 is 1.88 bits per heavy atom. The van der Waals surface area contributed by atoms with E-state index in [4.69, 9.17) is 11.1 Å². The van der Waals surface area contributed by atoms with Gasteiger partial charge in [-0.25, -0.2) is 0 Å². The molecule has 1 aliphatic heterocycles. The molecule has 3 N–H and O–H groups in total. The van der Waals surface area contributed by atoms with Crippen LogP contribution in [-0.2, 0) is 0 Å². The van der Waals surface area contributed by atoms with Gasteiger partial charge in [0.25, 0.3) is 0 Å². The van der Waals surface area contributed by atoms with Crippen LogP contribution in [-0.4, -0.2) is 10.4 Å². The van der Waals surface area contributed by atoms with Gasteiger partial charge in [0, 0.05) is 6.42 Å². The molecule has 0 aromatic heterocycles. The van der Waals surface area contributed by atoms with E-state index in [9.17, 15) is 0 Å². The summed E-state index contributed by atoms with van der Waals surface area (Å²) < 4.78 is 0. The second-order valence-corrected chi connectivity index (χ2v) is 2.91. The highest BCUT2D eigenvalue weighted by Gasteiger charge is 2.06. The van der Waals surface area contributed by atoms with Crippen molar-refractivity contribution in [2.45, 2.75) is 11.8 Å². The molecule has 0 spiro atoms. The molecule has 0 radical (unpaired) electrons. The summed E-state index contributed by atoms with van der Waals surface area (Å²) in [6.45, 7) is 0. The minimum absolute atomic E-state index is 0.0243. The van der Waals surface area contributed by atoms with E-state index in [1.54, 1.807) is 0 Å². The van der Waals surface area contributed by atoms with Gasteiger partial charge in [0.2, 0.25) is 0 Å². The SMILES string of the molecule is N=C1CC=CC(N)S1. The van der Waals surface area contributed by atoms with Crippen LogP contribution in [0.5, 0.6) is 0 Å². The van der Waals surface area contributed by atoms with E-state index in [0.29, 0.717) is 5.04 Å². The normalized spacial score (nSPS) is 28.6. The fourth-order valence-corrected chi connectivity index (χ4v) is 1.27. The molecule has 1 rings (SSSR count). The smallest absolute Gasteiger partial charge is 0.0752 e. The molecule has 0 saturated carbocycles. The Hall–Kier alpha value is -0.280. The van der Waals surface area contributed by atoms with Crippen molar-refractivity contribution < 1.29 is 0 Å². The maximum Gasteiger partial charge on any atom is 0.0752 e. The summed E-state index contributed by atoms with van der Waals surface area (Å²) in [4.78, 5) is 0. The minimum atomic E-state index is 0.0243. The lowest BCUT2D eigenvalue weighted by Crippen LogP contribution is -2.16. The zero-order valence-electron chi connectivity index (χ0n) is 4.42. The van der Waals surface area contributed by atoms with E-state index < -0.39 is 0 Å². The van der Waals surface area contributed by atoms with Crippen LogP contribution >= 0.6 is 11.8 Å². The number of hydrogen-bond acceptors (Lipinski definition) is 3. The van der Waals surface area contributed by atoms with E-state index in [1.807, 2.05) is 12.2 Å². The third kappa shape index (κ3) is 1.35. The highest BCUT2D eigenvalue weighted by molar-refractivity contribution is 8.14. The van der Waals surface area contributed by atoms with Crippen molar-refractivity contribution >= 4 is 16.8 Å². The molecule has 1 atom stereocenters. The number of thioether (sulfide) groups is 1. The molecule has 1 aliphatic rings. The van der Waals surface area contributed by atoms with Crippen molar-refractivity contribution in [1.82, 2.24) is 0 Å². The Kier molecular flexibility index (Phi) is 1.70. The Morgan fingerprint density at radius 3 is 3.00 bits per heavy atom. The van der Waals surface area contributed by atoms with Crippen molar-refractivity contribution in [1.29, 1.82) is 5.41 Å². The third-order valence-corrected chi connectivity index (χ3v) is 1.79. The first kappa shape index (κ1) is 5.85. The number of nitrogens with one attached hydrogen (secondary N) is 1. The molecule has 0 bridgehead atoms. The van der Waals surface area contributed by atoms with Crippen LogP contribution < -0.4 is 5.73 Å². The lowest BCUT2D eigenvalue weighted by atomic mass is 10.4. The molecule has 3 heteroatoms. The summed E-state index contributed by atoms with van der Waals surface area (Å²) in [5.41, 5.74) is 5.46. The molecule has 0 aromatic carbocycles. The zero-order chi connectivity index (χ0) is 5.98. The maximum absolute atomic E-state index is 7.15. The fourth-order valence-electron chi connectivity index (χ4n) is 0.561. The topological polar surface area (TPSA) is 49.9 Å². The van der Waals surface area contributed by atoms with Crippen molar-refractivity contribution in [3.05, 3.63) is 12.2 Å². The van der Waals surface area contributed by atoms with Crippen molar-refractivity contribution in [3.8, 4) is 0 Å². The second kappa shape index (κ2) is 2.33. The highest BCUT2D eigenvalue weighted by Crippen LogP contribution is 2.16. The van der Waals surface area contributed by atoms with E-state index in [-0.39, 0.29) is 5.37 Å². The van der Waals surface area contributed by atoms with E-state index in [1.165, 1.54) is 11.8 Å². The van der Waals surface area contributed by atoms with Crippen molar-refractivity contribution in [2.24, 2.45) is 5.73 Å². The van der Waals surface area contributed by atoms with Crippen LogP contribution in [0.4, 0.5) is 0 Å². The van der Waals surface area contributed by atoms with Crippen molar-refractivity contribution in [2.75, 3.05) is 0 Å². The average molecular weight is 128 g/mol. The van der Waals surface area contributed by atoms with Crippen LogP contribution in [0, 0.1) is 5.41 Å². The first-order chi connectivity index (χ1) is 3.79. The molecule has 1 heterocycles. The maximum atomic E-state index is 7.15. The van der Waals surface area contributed by atoms with Crippen LogP contribution in [0.25, 0.3) is 0 Å². The standard InChI is InChI=1S/C5H8N2S/c6-4-2-1-3-5(7)8-4/h1-2,4,7H,3,6H2. The largest absolute Gasteiger partial charge is 0.316 e. The van der Waals surface area contributed by atoms with Crippen LogP contribution in [0.15, 0.2) is 12.2 Å². The molecular formula is C5H8N2S. The molecule has 0 fully saturated rings. The predicted octanol–water partition coefficient (Wildman–Crippen LogP) is 0.942. The Morgan fingerprint density at radius 2 is 2.62 bits per heavy atom. The quantitative estimate of drug-likeness (QED) is 0.477. The Balaban J connectivity index is 2.54. The molecule has 1 unspecified atom stereocenters. The summed E-state index contributed by atoms with van der Waals surface area (Å²) in [7, 11) is 0. The second-order valence-electron chi connectivity index (χ2n) is 1.64. The monoisotopic (exact) mass is 128 g/mol. The number of hydrogen-bond donors (Lipinski definition) is 2. The summed E-state index contributed by atoms with van der Waals surface area (Å²) in [5.74, 6) is 0. The summed E-state index contributed by atoms with van der Waals surface area (Å²) in [6, 6.07) is 0. The Bertz CT molecular complexity index is 130. The molecular weight excluding hydrogens is 120 g/mol. The van der Waals surface area contributed by atoms with Gasteiger partial charge in [-0.2, -0.15) is 0 Å². The predicted molar refractivity (Wildman–Crippen MR) is 37.1 cm³/mol. The van der Waals surface area contributed by atoms with Gasteiger partial charge in [0.1, 0.15) is 0 Å². The molecule has 0 saturated heterocycles. The van der Waals surface area contributed by atoms with Gasteiger partial charge in [-0.15, -0.1) is 0 Å². The number of allylic oxidation sites excluding steroid dienone is 1. The minimum Gasteiger partial charge on any atom is -0.316 e. The van der Waals surface area contributed by atoms with Gasteiger partial charge in [0.05, 0.1) is 10.4 Å². The molecule has 8 heavy (non-hydrogen) atoms. The van der Waals surface area contributed by atoms with Gasteiger partial charge in [-0.1, -0.05) is 23.9 Å². The van der Waals surface area contributed by atoms with Gasteiger partial charge in [-0.05, 0) is 0 Å². The lowest BCUT2D eigenvalue weighted by molar-refractivity contribution is 1.14. The molecule has 0 aromatic rings. The molecule has 44 valence electrons. The van der Waals surface area contributed by atoms with Crippen LogP contribution in [0.1, 0.15) is 6.42 Å². The van der Waals surface area contributed by atoms with E-state index in [2.05, 4.69) is 0 Å². The zero-order valence-corrected chi connectivity index (χ0v) is 5.24. The van der Waals surface area contributed by atoms with Gasteiger partial charge in [0.15, 0.2) is 0 Å². The van der Waals surface area contributed by atoms with Crippen LogP contribution in [0.3, 0.4) is 0 Å². The third-order valence-electron chi connectivity index (χ3n) is 0.907. The average Bonchev–Trinajstić information content (AvgIpc) is 1.64. The van der Waals surface area contributed by atoms with Crippen molar-refractivity contribution in [3.63, 3.8) is 0 Å². The first-order valence-electron chi connectivity index (χ1n) is 2.45. The number of rotatable bonds is 0. The summed E-state index contributed by atoms with van der Waals surface area (Å²) in [6.07, 6.45) is 4.62. The van der Waals surface area contributed by atoms with Gasteiger partial charge >= 0.3 is 0 Å². The number of nitrogens with two attached hydrogens (primary N) is 1. The lowest BCUT2D eigenvalue weighted by Gasteiger charge is -2.09. The molecule has 0 aliphatic carbocycles. The highest BCUT2D eigenvalue weighted by atomic mass is 32.2. The summed E-state index contributed by atoms with van der Waals surface area (Å²) in [5, 5.41) is 7.84. The van der Waals surface area contributed by atoms with E-state index >= 15 is 0 Å². The van der Waals surface area contributed by atoms with E-state index in [0.717, 1.165) is 6.42 Å². The molecule has 2 nitrogen and oxygen atoms in total. The summed E-state index contributed by atoms with van der Waals surface area (Å²) >= 11 is 1.42. The van der Waals surface area contributed by atoms with Crippen LogP contribution in [0.2, 0.25) is 0 Å². The Labute approximate surface area is 52.7 Å². The molecule has 0 amide bonds. The fraction of sp³-hybridized carbons (Fsp3) is 0.400. The first-order valence-corrected chi connectivity index (χ1v) is 3.33.